The van der Waals surface area contributed by atoms with Gasteiger partial charge in [-0.3, -0.25) is 4.79 Å². The van der Waals surface area contributed by atoms with Crippen molar-refractivity contribution in [1.29, 1.82) is 0 Å². The molecule has 2 fully saturated rings. The first-order valence-corrected chi connectivity index (χ1v) is 10.4. The number of hydrogen-bond acceptors (Lipinski definition) is 3. The van der Waals surface area contributed by atoms with E-state index in [1.807, 2.05) is 6.92 Å². The van der Waals surface area contributed by atoms with Crippen LogP contribution in [-0.4, -0.2) is 24.2 Å². The third-order valence-corrected chi connectivity index (χ3v) is 8.95. The summed E-state index contributed by atoms with van der Waals surface area (Å²) < 4.78 is 52.1. The molecule has 140 valence electrons. The molecule has 4 atom stereocenters. The van der Waals surface area contributed by atoms with E-state index >= 15 is 0 Å². The number of sulfone groups is 1. The Hall–Kier alpha value is -0.520. The Morgan fingerprint density at radius 1 is 1.25 bits per heavy atom. The summed E-state index contributed by atoms with van der Waals surface area (Å²) in [5.74, 6) is -0.232. The molecule has 0 radical (unpaired) electrons. The van der Waals surface area contributed by atoms with Gasteiger partial charge in [-0.15, -0.1) is 0 Å². The van der Waals surface area contributed by atoms with E-state index in [9.17, 15) is 22.0 Å². The van der Waals surface area contributed by atoms with E-state index in [1.165, 1.54) is 20.8 Å². The molecule has 24 heavy (non-hydrogen) atoms. The third kappa shape index (κ3) is 3.04. The van der Waals surface area contributed by atoms with Crippen LogP contribution in [0.3, 0.4) is 0 Å². The molecule has 0 aromatic carbocycles. The molecule has 0 aromatic rings. The fourth-order valence-electron chi connectivity index (χ4n) is 4.98. The first-order chi connectivity index (χ1) is 10.7. The first-order valence-electron chi connectivity index (χ1n) is 8.89. The predicted molar refractivity (Wildman–Crippen MR) is 90.6 cm³/mol. The summed E-state index contributed by atoms with van der Waals surface area (Å²) in [7, 11) is -4.56. The van der Waals surface area contributed by atoms with Gasteiger partial charge < -0.3 is 0 Å². The lowest BCUT2D eigenvalue weighted by atomic mass is 9.62. The molecule has 0 aromatic heterocycles. The summed E-state index contributed by atoms with van der Waals surface area (Å²) in [4.78, 5) is 12.2. The van der Waals surface area contributed by atoms with Gasteiger partial charge in [0, 0.05) is 18.8 Å². The second-order valence-electron chi connectivity index (χ2n) is 9.00. The monoisotopic (exact) mass is 364 g/mol. The Kier molecular flexibility index (Phi) is 4.97. The topological polar surface area (TPSA) is 51.2 Å². The van der Waals surface area contributed by atoms with Crippen LogP contribution in [0.25, 0.3) is 0 Å². The highest BCUT2D eigenvalue weighted by atomic mass is 32.2. The minimum Gasteiger partial charge on any atom is -0.299 e. The van der Waals surface area contributed by atoms with Crippen LogP contribution in [0.1, 0.15) is 73.1 Å². The quantitative estimate of drug-likeness (QED) is 0.732. The van der Waals surface area contributed by atoms with Crippen LogP contribution < -0.4 is 0 Å². The Bertz CT molecular complexity index is 606. The predicted octanol–water partition coefficient (Wildman–Crippen LogP) is 4.60. The van der Waals surface area contributed by atoms with Gasteiger partial charge in [0.05, 0.1) is 4.75 Å². The average molecular weight is 364 g/mol. The zero-order valence-corrected chi connectivity index (χ0v) is 16.2. The van der Waals surface area contributed by atoms with E-state index in [0.29, 0.717) is 6.42 Å². The molecular weight excluding hydrogens is 334 g/mol. The first kappa shape index (κ1) is 19.8. The van der Waals surface area contributed by atoms with Crippen molar-refractivity contribution in [3.8, 4) is 0 Å². The Balaban J connectivity index is 2.21. The lowest BCUT2D eigenvalue weighted by Crippen LogP contribution is -2.45. The highest BCUT2D eigenvalue weighted by Gasteiger charge is 2.57. The molecule has 0 amide bonds. The smallest absolute Gasteiger partial charge is 0.299 e. The van der Waals surface area contributed by atoms with Gasteiger partial charge in [-0.2, -0.15) is 8.78 Å². The normalized spacial score (nSPS) is 33.4. The van der Waals surface area contributed by atoms with E-state index < -0.39 is 32.2 Å². The summed E-state index contributed by atoms with van der Waals surface area (Å²) in [6.45, 7) is 7.71. The Morgan fingerprint density at radius 3 is 2.38 bits per heavy atom. The SMILES string of the molecule is C[C@H](CC(F)(F)S(=O)(=O)C(C)(C)C)[C@H]1CC[C@H]2C(=O)CCC[C@]12C. The van der Waals surface area contributed by atoms with Crippen LogP contribution in [0.15, 0.2) is 0 Å². The average Bonchev–Trinajstić information content (AvgIpc) is 2.75. The van der Waals surface area contributed by atoms with Crippen molar-refractivity contribution in [1.82, 2.24) is 0 Å². The van der Waals surface area contributed by atoms with Gasteiger partial charge in [0.25, 0.3) is 0 Å². The van der Waals surface area contributed by atoms with E-state index in [1.54, 1.807) is 6.92 Å². The number of fused-ring (bicyclic) bond motifs is 1. The number of carbonyl (C=O) groups is 1. The van der Waals surface area contributed by atoms with Gasteiger partial charge in [0.2, 0.25) is 9.84 Å². The zero-order valence-electron chi connectivity index (χ0n) is 15.4. The van der Waals surface area contributed by atoms with Crippen molar-refractivity contribution in [2.75, 3.05) is 0 Å². The standard InChI is InChI=1S/C18H30F2O3S/c1-12(11-18(19,20)24(22,23)16(2,3)4)13-8-9-14-15(21)7-6-10-17(13,14)5/h12-14H,6-11H2,1-5H3/t12-,13-,14+,17-/m1/s1. The summed E-state index contributed by atoms with van der Waals surface area (Å²) in [5.41, 5.74) is -0.254. The lowest BCUT2D eigenvalue weighted by molar-refractivity contribution is -0.130. The lowest BCUT2D eigenvalue weighted by Gasteiger charge is -2.43. The fourth-order valence-corrected chi connectivity index (χ4v) is 6.36. The van der Waals surface area contributed by atoms with E-state index in [2.05, 4.69) is 0 Å². The number of rotatable bonds is 4. The number of Topliss-reactive ketones (excluding diaryl/α,β-unsaturated/α-hetero) is 1. The van der Waals surface area contributed by atoms with Crippen LogP contribution in [0.5, 0.6) is 0 Å². The van der Waals surface area contributed by atoms with Gasteiger partial charge in [-0.05, 0) is 63.7 Å². The molecule has 6 heteroatoms. The van der Waals surface area contributed by atoms with Crippen molar-refractivity contribution >= 4 is 15.6 Å². The molecule has 0 heterocycles. The molecule has 0 N–H and O–H groups in total. The molecule has 0 aliphatic heterocycles. The molecular formula is C18H30F2O3S. The van der Waals surface area contributed by atoms with Gasteiger partial charge in [0.1, 0.15) is 5.78 Å². The maximum absolute atomic E-state index is 14.6. The van der Waals surface area contributed by atoms with Crippen LogP contribution in [0, 0.1) is 23.2 Å². The largest absolute Gasteiger partial charge is 0.346 e. The third-order valence-electron chi connectivity index (χ3n) is 6.38. The molecule has 3 nitrogen and oxygen atoms in total. The van der Waals surface area contributed by atoms with Crippen LogP contribution in [0.2, 0.25) is 0 Å². The number of carbonyl (C=O) groups excluding carboxylic acids is 1. The summed E-state index contributed by atoms with van der Waals surface area (Å²) in [5, 5.41) is -3.74. The molecule has 0 bridgehead atoms. The van der Waals surface area contributed by atoms with Gasteiger partial charge in [-0.1, -0.05) is 13.8 Å². The highest BCUT2D eigenvalue weighted by Crippen LogP contribution is 2.58. The van der Waals surface area contributed by atoms with Crippen LogP contribution >= 0.6 is 0 Å². The zero-order chi connectivity index (χ0) is 18.6. The van der Waals surface area contributed by atoms with Crippen molar-refractivity contribution in [2.24, 2.45) is 23.2 Å². The van der Waals surface area contributed by atoms with Crippen LogP contribution in [0.4, 0.5) is 8.78 Å². The Labute approximate surface area is 144 Å². The molecule has 2 aliphatic rings. The summed E-state index contributed by atoms with van der Waals surface area (Å²) in [6.07, 6.45) is 3.10. The minimum absolute atomic E-state index is 0.0206. The summed E-state index contributed by atoms with van der Waals surface area (Å²) in [6, 6.07) is 0. The van der Waals surface area contributed by atoms with E-state index in [4.69, 9.17) is 0 Å². The van der Waals surface area contributed by atoms with Gasteiger partial charge in [-0.25, -0.2) is 8.42 Å². The molecule has 0 spiro atoms. The molecule has 2 saturated carbocycles. The number of alkyl halides is 2. The maximum Gasteiger partial charge on any atom is 0.346 e. The van der Waals surface area contributed by atoms with E-state index in [0.717, 1.165) is 25.7 Å². The second-order valence-corrected chi connectivity index (χ2v) is 11.8. The van der Waals surface area contributed by atoms with Gasteiger partial charge in [0.15, 0.2) is 0 Å². The van der Waals surface area contributed by atoms with Crippen molar-refractivity contribution < 1.29 is 22.0 Å². The minimum atomic E-state index is -4.56. The molecule has 0 unspecified atom stereocenters. The van der Waals surface area contributed by atoms with Gasteiger partial charge >= 0.3 is 5.25 Å². The number of ketones is 1. The molecule has 2 rings (SSSR count). The van der Waals surface area contributed by atoms with Crippen molar-refractivity contribution in [3.63, 3.8) is 0 Å². The fraction of sp³-hybridized carbons (Fsp3) is 0.944. The number of halogens is 2. The molecule has 2 aliphatic carbocycles. The van der Waals surface area contributed by atoms with Crippen LogP contribution in [-0.2, 0) is 14.6 Å². The summed E-state index contributed by atoms with van der Waals surface area (Å²) >= 11 is 0. The highest BCUT2D eigenvalue weighted by molar-refractivity contribution is 7.93. The van der Waals surface area contributed by atoms with E-state index in [-0.39, 0.29) is 23.0 Å². The van der Waals surface area contributed by atoms with Crippen molar-refractivity contribution in [2.45, 2.75) is 83.1 Å². The second kappa shape index (κ2) is 6.03. The molecule has 0 saturated heterocycles. The maximum atomic E-state index is 14.6. The van der Waals surface area contributed by atoms with Crippen molar-refractivity contribution in [3.05, 3.63) is 0 Å². The Morgan fingerprint density at radius 2 is 1.83 bits per heavy atom. The number of hydrogen-bond donors (Lipinski definition) is 0.